The number of halogens is 1. The third-order valence-electron chi connectivity index (χ3n) is 2.51. The van der Waals surface area contributed by atoms with Gasteiger partial charge in [-0.15, -0.1) is 10.2 Å². The molecule has 0 radical (unpaired) electrons. The summed E-state index contributed by atoms with van der Waals surface area (Å²) in [4.78, 5) is 10.6. The van der Waals surface area contributed by atoms with Crippen LogP contribution in [0, 0.1) is 0 Å². The van der Waals surface area contributed by atoms with Crippen LogP contribution in [0.1, 0.15) is 11.4 Å². The van der Waals surface area contributed by atoms with E-state index in [1.54, 1.807) is 16.7 Å². The number of carboxylic acids is 1. The molecule has 1 aromatic carbocycles. The summed E-state index contributed by atoms with van der Waals surface area (Å²) in [6, 6.07) is 7.25. The molecule has 0 unspecified atom stereocenters. The van der Waals surface area contributed by atoms with Gasteiger partial charge < -0.3 is 10.2 Å². The second-order valence-corrected chi connectivity index (χ2v) is 5.33. The highest BCUT2D eigenvalue weighted by Crippen LogP contribution is 2.19. The second kappa shape index (κ2) is 6.74. The number of benzene rings is 1. The summed E-state index contributed by atoms with van der Waals surface area (Å²) in [5.74, 6) is -0.640. The fraction of sp³-hybridized carbons (Fsp3) is 0.250. The molecule has 0 atom stereocenters. The minimum Gasteiger partial charge on any atom is -0.481 e. The predicted octanol–water partition coefficient (Wildman–Crippen LogP) is 1.65. The Hall–Kier alpha value is -1.57. The highest BCUT2D eigenvalue weighted by atomic mass is 35.5. The summed E-state index contributed by atoms with van der Waals surface area (Å²) in [6.45, 7) is 0.191. The number of rotatable bonds is 6. The van der Waals surface area contributed by atoms with E-state index in [1.807, 2.05) is 12.1 Å². The third kappa shape index (κ3) is 3.72. The molecule has 0 fully saturated rings. The summed E-state index contributed by atoms with van der Waals surface area (Å²) >= 11 is 6.89. The van der Waals surface area contributed by atoms with Crippen LogP contribution in [0.3, 0.4) is 0 Å². The minimum atomic E-state index is -0.929. The van der Waals surface area contributed by atoms with Crippen LogP contribution in [-0.2, 0) is 17.9 Å². The normalized spacial score (nSPS) is 10.7. The van der Waals surface area contributed by atoms with E-state index in [-0.39, 0.29) is 12.4 Å². The molecule has 0 saturated heterocycles. The third-order valence-corrected chi connectivity index (χ3v) is 3.72. The molecular formula is C12H12ClN3O3S. The van der Waals surface area contributed by atoms with Gasteiger partial charge in [-0.05, 0) is 17.7 Å². The molecule has 2 rings (SSSR count). The van der Waals surface area contributed by atoms with Gasteiger partial charge in [-0.3, -0.25) is 9.36 Å². The van der Waals surface area contributed by atoms with E-state index in [9.17, 15) is 9.90 Å². The number of aliphatic hydroxyl groups is 1. The molecular weight excluding hydrogens is 302 g/mol. The fourth-order valence-electron chi connectivity index (χ4n) is 1.60. The molecule has 0 saturated carbocycles. The maximum atomic E-state index is 10.6. The maximum Gasteiger partial charge on any atom is 0.313 e. The van der Waals surface area contributed by atoms with Crippen molar-refractivity contribution in [2.24, 2.45) is 0 Å². The Balaban J connectivity index is 2.21. The zero-order chi connectivity index (χ0) is 14.5. The van der Waals surface area contributed by atoms with Gasteiger partial charge in [0.05, 0.1) is 12.3 Å². The molecule has 0 aliphatic heterocycles. The van der Waals surface area contributed by atoms with Crippen LogP contribution in [-0.4, -0.2) is 36.7 Å². The van der Waals surface area contributed by atoms with Crippen LogP contribution in [0.5, 0.6) is 0 Å². The van der Waals surface area contributed by atoms with Gasteiger partial charge >= 0.3 is 5.97 Å². The van der Waals surface area contributed by atoms with Gasteiger partial charge in [-0.2, -0.15) is 0 Å². The molecule has 20 heavy (non-hydrogen) atoms. The van der Waals surface area contributed by atoms with Gasteiger partial charge in [-0.25, -0.2) is 0 Å². The van der Waals surface area contributed by atoms with Crippen molar-refractivity contribution < 1.29 is 15.0 Å². The Bertz CT molecular complexity index is 600. The first-order valence-corrected chi connectivity index (χ1v) is 7.08. The average Bonchev–Trinajstić information content (AvgIpc) is 2.81. The summed E-state index contributed by atoms with van der Waals surface area (Å²) in [7, 11) is 0. The number of nitrogens with zero attached hydrogens (tertiary/aromatic N) is 3. The quantitative estimate of drug-likeness (QED) is 0.788. The summed E-state index contributed by atoms with van der Waals surface area (Å²) in [5, 5.41) is 26.8. The van der Waals surface area contributed by atoms with Crippen molar-refractivity contribution in [2.75, 3.05) is 5.75 Å². The summed E-state index contributed by atoms with van der Waals surface area (Å²) in [5.41, 5.74) is 0.959. The zero-order valence-corrected chi connectivity index (χ0v) is 11.9. The molecule has 1 heterocycles. The summed E-state index contributed by atoms with van der Waals surface area (Å²) < 4.78 is 1.69. The molecule has 6 nitrogen and oxygen atoms in total. The Kier molecular flexibility index (Phi) is 4.99. The number of carbonyl (C=O) groups is 1. The number of aliphatic carboxylic acids is 1. The van der Waals surface area contributed by atoms with Crippen molar-refractivity contribution in [1.29, 1.82) is 0 Å². The number of hydrogen-bond acceptors (Lipinski definition) is 5. The average molecular weight is 314 g/mol. The van der Waals surface area contributed by atoms with Crippen molar-refractivity contribution in [3.8, 4) is 0 Å². The van der Waals surface area contributed by atoms with Gasteiger partial charge in [0.15, 0.2) is 11.0 Å². The van der Waals surface area contributed by atoms with Gasteiger partial charge in [-0.1, -0.05) is 35.5 Å². The molecule has 2 N–H and O–H groups in total. The Labute approximate surface area is 124 Å². The summed E-state index contributed by atoms with van der Waals surface area (Å²) in [6.07, 6.45) is 0. The molecule has 0 aliphatic carbocycles. The van der Waals surface area contributed by atoms with E-state index in [0.717, 1.165) is 17.3 Å². The van der Waals surface area contributed by atoms with Crippen LogP contribution < -0.4 is 0 Å². The zero-order valence-electron chi connectivity index (χ0n) is 10.4. The Morgan fingerprint density at radius 2 is 2.00 bits per heavy atom. The Morgan fingerprint density at radius 1 is 1.30 bits per heavy atom. The van der Waals surface area contributed by atoms with E-state index in [4.69, 9.17) is 16.7 Å². The highest BCUT2D eigenvalue weighted by Gasteiger charge is 2.13. The highest BCUT2D eigenvalue weighted by molar-refractivity contribution is 7.99. The molecule has 0 spiro atoms. The lowest BCUT2D eigenvalue weighted by atomic mass is 10.2. The van der Waals surface area contributed by atoms with Crippen molar-refractivity contribution in [2.45, 2.75) is 18.3 Å². The maximum absolute atomic E-state index is 10.6. The lowest BCUT2D eigenvalue weighted by Gasteiger charge is -2.08. The SMILES string of the molecule is O=C(O)CSc1nnc(CO)n1Cc1ccc(Cl)cc1. The van der Waals surface area contributed by atoms with E-state index < -0.39 is 5.97 Å². The van der Waals surface area contributed by atoms with E-state index in [2.05, 4.69) is 10.2 Å². The lowest BCUT2D eigenvalue weighted by Crippen LogP contribution is -2.08. The second-order valence-electron chi connectivity index (χ2n) is 3.95. The number of hydrogen-bond donors (Lipinski definition) is 2. The van der Waals surface area contributed by atoms with Gasteiger partial charge in [0, 0.05) is 5.02 Å². The standard InChI is InChI=1S/C12H12ClN3O3S/c13-9-3-1-8(2-4-9)5-16-10(6-17)14-15-12(16)20-7-11(18)19/h1-4,17H,5-7H2,(H,18,19). The van der Waals surface area contributed by atoms with Gasteiger partial charge in [0.1, 0.15) is 6.61 Å². The number of carboxylic acid groups (broad SMARTS) is 1. The number of thioether (sulfide) groups is 1. The first kappa shape index (κ1) is 14.8. The molecule has 8 heteroatoms. The van der Waals surface area contributed by atoms with Crippen molar-refractivity contribution >= 4 is 29.3 Å². The molecule has 0 bridgehead atoms. The Morgan fingerprint density at radius 3 is 2.60 bits per heavy atom. The van der Waals surface area contributed by atoms with Crippen LogP contribution in [0.15, 0.2) is 29.4 Å². The van der Waals surface area contributed by atoms with Gasteiger partial charge in [0.25, 0.3) is 0 Å². The fourth-order valence-corrected chi connectivity index (χ4v) is 2.40. The van der Waals surface area contributed by atoms with E-state index >= 15 is 0 Å². The van der Waals surface area contributed by atoms with Crippen LogP contribution in [0.4, 0.5) is 0 Å². The van der Waals surface area contributed by atoms with Crippen molar-refractivity contribution in [3.63, 3.8) is 0 Å². The topological polar surface area (TPSA) is 88.2 Å². The van der Waals surface area contributed by atoms with Crippen molar-refractivity contribution in [3.05, 3.63) is 40.7 Å². The minimum absolute atomic E-state index is 0.107. The monoisotopic (exact) mass is 313 g/mol. The first-order chi connectivity index (χ1) is 9.60. The first-order valence-electron chi connectivity index (χ1n) is 5.72. The van der Waals surface area contributed by atoms with Gasteiger partial charge in [0.2, 0.25) is 0 Å². The van der Waals surface area contributed by atoms with E-state index in [1.165, 1.54) is 0 Å². The molecule has 1 aromatic heterocycles. The van der Waals surface area contributed by atoms with Crippen LogP contribution in [0.2, 0.25) is 5.02 Å². The molecule has 2 aromatic rings. The number of aromatic nitrogens is 3. The molecule has 106 valence electrons. The van der Waals surface area contributed by atoms with E-state index in [0.29, 0.717) is 22.5 Å². The predicted molar refractivity (Wildman–Crippen MR) is 74.9 cm³/mol. The van der Waals surface area contributed by atoms with Crippen LogP contribution >= 0.6 is 23.4 Å². The molecule has 0 aliphatic rings. The number of aliphatic hydroxyl groups excluding tert-OH is 1. The van der Waals surface area contributed by atoms with Crippen LogP contribution in [0.25, 0.3) is 0 Å². The smallest absolute Gasteiger partial charge is 0.313 e. The largest absolute Gasteiger partial charge is 0.481 e. The molecule has 0 amide bonds. The van der Waals surface area contributed by atoms with Crippen molar-refractivity contribution in [1.82, 2.24) is 14.8 Å². The lowest BCUT2D eigenvalue weighted by molar-refractivity contribution is -0.133.